The molecule has 0 aliphatic carbocycles. The molecule has 0 heterocycles. The zero-order valence-electron chi connectivity index (χ0n) is 13.4. The fourth-order valence-electron chi connectivity index (χ4n) is 2.00. The number of carbonyl (C=O) groups is 2. The Morgan fingerprint density at radius 1 is 1.09 bits per heavy atom. The van der Waals surface area contributed by atoms with Gasteiger partial charge in [0.25, 0.3) is 0 Å². The van der Waals surface area contributed by atoms with Gasteiger partial charge in [0, 0.05) is 18.7 Å². The van der Waals surface area contributed by atoms with Gasteiger partial charge in [-0.05, 0) is 43.2 Å². The Hall–Kier alpha value is -2.82. The van der Waals surface area contributed by atoms with E-state index in [0.717, 1.165) is 11.1 Å². The van der Waals surface area contributed by atoms with Gasteiger partial charge in [-0.2, -0.15) is 0 Å². The van der Waals surface area contributed by atoms with Crippen LogP contribution in [0, 0.1) is 13.8 Å². The van der Waals surface area contributed by atoms with E-state index in [-0.39, 0.29) is 12.5 Å². The van der Waals surface area contributed by atoms with E-state index in [0.29, 0.717) is 17.2 Å². The average molecular weight is 313 g/mol. The van der Waals surface area contributed by atoms with Gasteiger partial charge >= 0.3 is 5.97 Å². The van der Waals surface area contributed by atoms with E-state index in [1.807, 2.05) is 32.0 Å². The van der Waals surface area contributed by atoms with Crippen molar-refractivity contribution in [2.24, 2.45) is 0 Å². The molecule has 0 atom stereocenters. The largest absolute Gasteiger partial charge is 0.482 e. The first-order valence-electron chi connectivity index (χ1n) is 7.22. The van der Waals surface area contributed by atoms with E-state index in [4.69, 9.17) is 9.47 Å². The molecule has 0 aliphatic rings. The number of nitrogens with one attached hydrogen (secondary N) is 1. The lowest BCUT2D eigenvalue weighted by atomic mass is 10.1. The SMILES string of the molecule is CC(=O)Nc1cccc(OC(=O)COc2cc(C)ccc2C)c1. The first-order chi connectivity index (χ1) is 10.9. The molecule has 2 rings (SSSR count). The summed E-state index contributed by atoms with van der Waals surface area (Å²) in [5.74, 6) is 0.317. The number of carbonyl (C=O) groups excluding carboxylic acids is 2. The molecule has 0 fully saturated rings. The van der Waals surface area contributed by atoms with Gasteiger partial charge in [0.2, 0.25) is 5.91 Å². The molecule has 23 heavy (non-hydrogen) atoms. The Bertz CT molecular complexity index is 725. The highest BCUT2D eigenvalue weighted by Crippen LogP contribution is 2.20. The number of esters is 1. The van der Waals surface area contributed by atoms with Crippen LogP contribution in [0.15, 0.2) is 42.5 Å². The van der Waals surface area contributed by atoms with E-state index in [2.05, 4.69) is 5.32 Å². The second-order valence-electron chi connectivity index (χ2n) is 5.24. The van der Waals surface area contributed by atoms with Crippen LogP contribution in [0.25, 0.3) is 0 Å². The molecule has 0 bridgehead atoms. The van der Waals surface area contributed by atoms with Crippen LogP contribution in [0.2, 0.25) is 0 Å². The number of aryl methyl sites for hydroxylation is 2. The van der Waals surface area contributed by atoms with Gasteiger partial charge in [-0.1, -0.05) is 18.2 Å². The summed E-state index contributed by atoms with van der Waals surface area (Å²) in [7, 11) is 0. The van der Waals surface area contributed by atoms with Gasteiger partial charge in [0.15, 0.2) is 6.61 Å². The van der Waals surface area contributed by atoms with E-state index < -0.39 is 5.97 Å². The average Bonchev–Trinajstić information content (AvgIpc) is 2.48. The van der Waals surface area contributed by atoms with Crippen LogP contribution in [-0.4, -0.2) is 18.5 Å². The maximum Gasteiger partial charge on any atom is 0.349 e. The van der Waals surface area contributed by atoms with Crippen molar-refractivity contribution >= 4 is 17.6 Å². The maximum absolute atomic E-state index is 11.9. The number of ether oxygens (including phenoxy) is 2. The second kappa shape index (κ2) is 7.45. The van der Waals surface area contributed by atoms with E-state index in [9.17, 15) is 9.59 Å². The highest BCUT2D eigenvalue weighted by Gasteiger charge is 2.08. The number of benzene rings is 2. The standard InChI is InChI=1S/C18H19NO4/c1-12-7-8-13(2)17(9-12)22-11-18(21)23-16-6-4-5-15(10-16)19-14(3)20/h4-10H,11H2,1-3H3,(H,19,20). The number of hydrogen-bond acceptors (Lipinski definition) is 4. The lowest BCUT2D eigenvalue weighted by Crippen LogP contribution is -2.18. The topological polar surface area (TPSA) is 64.6 Å². The van der Waals surface area contributed by atoms with Crippen LogP contribution in [0.1, 0.15) is 18.1 Å². The first-order valence-corrected chi connectivity index (χ1v) is 7.22. The summed E-state index contributed by atoms with van der Waals surface area (Å²) < 4.78 is 10.7. The highest BCUT2D eigenvalue weighted by atomic mass is 16.6. The number of anilines is 1. The van der Waals surface area contributed by atoms with E-state index in [1.165, 1.54) is 6.92 Å². The number of amides is 1. The molecule has 5 heteroatoms. The Kier molecular flexibility index (Phi) is 5.36. The third-order valence-corrected chi connectivity index (χ3v) is 3.08. The molecule has 0 unspecified atom stereocenters. The summed E-state index contributed by atoms with van der Waals surface area (Å²) in [5, 5.41) is 2.63. The highest BCUT2D eigenvalue weighted by molar-refractivity contribution is 5.89. The zero-order chi connectivity index (χ0) is 16.8. The molecule has 2 aromatic rings. The van der Waals surface area contributed by atoms with Gasteiger partial charge in [-0.15, -0.1) is 0 Å². The maximum atomic E-state index is 11.9. The monoisotopic (exact) mass is 313 g/mol. The molecule has 1 N–H and O–H groups in total. The summed E-state index contributed by atoms with van der Waals surface area (Å²) in [4.78, 5) is 22.9. The summed E-state index contributed by atoms with van der Waals surface area (Å²) in [6, 6.07) is 12.4. The molecule has 120 valence electrons. The summed E-state index contributed by atoms with van der Waals surface area (Å²) in [5.41, 5.74) is 2.58. The first kappa shape index (κ1) is 16.5. The predicted octanol–water partition coefficient (Wildman–Crippen LogP) is 3.25. The molecule has 0 aromatic heterocycles. The Morgan fingerprint density at radius 2 is 1.87 bits per heavy atom. The van der Waals surface area contributed by atoms with E-state index >= 15 is 0 Å². The third-order valence-electron chi connectivity index (χ3n) is 3.08. The lowest BCUT2D eigenvalue weighted by molar-refractivity contribution is -0.136. The minimum Gasteiger partial charge on any atom is -0.482 e. The lowest BCUT2D eigenvalue weighted by Gasteiger charge is -2.10. The number of hydrogen-bond donors (Lipinski definition) is 1. The van der Waals surface area contributed by atoms with Crippen molar-refractivity contribution in [3.05, 3.63) is 53.6 Å². The van der Waals surface area contributed by atoms with Crippen LogP contribution >= 0.6 is 0 Å². The quantitative estimate of drug-likeness (QED) is 0.680. The summed E-state index contributed by atoms with van der Waals surface area (Å²) >= 11 is 0. The van der Waals surface area contributed by atoms with Crippen molar-refractivity contribution in [3.63, 3.8) is 0 Å². The molecule has 5 nitrogen and oxygen atoms in total. The van der Waals surface area contributed by atoms with Crippen LogP contribution in [0.4, 0.5) is 5.69 Å². The van der Waals surface area contributed by atoms with Crippen molar-refractivity contribution in [2.75, 3.05) is 11.9 Å². The van der Waals surface area contributed by atoms with Crippen molar-refractivity contribution in [1.82, 2.24) is 0 Å². The molecule has 0 radical (unpaired) electrons. The van der Waals surface area contributed by atoms with Crippen molar-refractivity contribution in [2.45, 2.75) is 20.8 Å². The molecule has 0 aliphatic heterocycles. The predicted molar refractivity (Wildman–Crippen MR) is 87.8 cm³/mol. The molecular weight excluding hydrogens is 294 g/mol. The summed E-state index contributed by atoms with van der Waals surface area (Å²) in [6.45, 7) is 5.10. The van der Waals surface area contributed by atoms with E-state index in [1.54, 1.807) is 24.3 Å². The molecule has 2 aromatic carbocycles. The molecule has 0 spiro atoms. The Morgan fingerprint density at radius 3 is 2.61 bits per heavy atom. The van der Waals surface area contributed by atoms with Gasteiger partial charge in [-0.25, -0.2) is 4.79 Å². The molecular formula is C18H19NO4. The number of rotatable bonds is 5. The van der Waals surface area contributed by atoms with Gasteiger partial charge in [0.1, 0.15) is 11.5 Å². The third kappa shape index (κ3) is 5.14. The van der Waals surface area contributed by atoms with Crippen LogP contribution < -0.4 is 14.8 Å². The smallest absolute Gasteiger partial charge is 0.349 e. The minimum absolute atomic E-state index is 0.186. The second-order valence-corrected chi connectivity index (χ2v) is 5.24. The van der Waals surface area contributed by atoms with Crippen molar-refractivity contribution < 1.29 is 19.1 Å². The van der Waals surface area contributed by atoms with Crippen molar-refractivity contribution in [3.8, 4) is 11.5 Å². The molecule has 1 amide bonds. The van der Waals surface area contributed by atoms with Gasteiger partial charge in [-0.3, -0.25) is 4.79 Å². The molecule has 0 saturated heterocycles. The van der Waals surface area contributed by atoms with Gasteiger partial charge < -0.3 is 14.8 Å². The normalized spacial score (nSPS) is 10.0. The summed E-state index contributed by atoms with van der Waals surface area (Å²) in [6.07, 6.45) is 0. The zero-order valence-corrected chi connectivity index (χ0v) is 13.4. The van der Waals surface area contributed by atoms with Crippen molar-refractivity contribution in [1.29, 1.82) is 0 Å². The minimum atomic E-state index is -0.508. The van der Waals surface area contributed by atoms with Crippen LogP contribution in [0.5, 0.6) is 11.5 Å². The fraction of sp³-hybridized carbons (Fsp3) is 0.222. The van der Waals surface area contributed by atoms with Crippen LogP contribution in [0.3, 0.4) is 0 Å². The molecule has 0 saturated carbocycles. The van der Waals surface area contributed by atoms with Gasteiger partial charge in [0.05, 0.1) is 0 Å². The Balaban J connectivity index is 1.94. The van der Waals surface area contributed by atoms with Crippen LogP contribution in [-0.2, 0) is 9.59 Å². The Labute approximate surface area is 135 Å². The fourth-order valence-corrected chi connectivity index (χ4v) is 2.00.